The number of hydrogen-bond acceptors (Lipinski definition) is 7. The Hall–Kier alpha value is -4.25. The Bertz CT molecular complexity index is 1450. The van der Waals surface area contributed by atoms with Crippen LogP contribution in [0.15, 0.2) is 78.9 Å². The van der Waals surface area contributed by atoms with E-state index in [1.807, 2.05) is 30.3 Å². The number of aliphatic hydroxyl groups is 1. The van der Waals surface area contributed by atoms with Gasteiger partial charge in [-0.2, -0.15) is 0 Å². The lowest BCUT2D eigenvalue weighted by molar-refractivity contribution is -0.125. The largest absolute Gasteiger partial charge is 0.477 e. The number of carbonyl (C=O) groups excluding carboxylic acids is 1. The van der Waals surface area contributed by atoms with Gasteiger partial charge >= 0.3 is 5.97 Å². The van der Waals surface area contributed by atoms with Crippen LogP contribution in [0.2, 0.25) is 0 Å². The van der Waals surface area contributed by atoms with Gasteiger partial charge in [-0.1, -0.05) is 48.5 Å². The summed E-state index contributed by atoms with van der Waals surface area (Å²) < 4.78 is 1.02. The third kappa shape index (κ3) is 5.64. The van der Waals surface area contributed by atoms with Crippen LogP contribution in [0.1, 0.15) is 21.3 Å². The van der Waals surface area contributed by atoms with E-state index in [9.17, 15) is 14.7 Å². The quantitative estimate of drug-likeness (QED) is 0.218. The van der Waals surface area contributed by atoms with E-state index in [-0.39, 0.29) is 0 Å². The summed E-state index contributed by atoms with van der Waals surface area (Å²) in [4.78, 5) is 30.1. The van der Waals surface area contributed by atoms with Gasteiger partial charge in [-0.25, -0.2) is 9.78 Å². The highest BCUT2D eigenvalue weighted by molar-refractivity contribution is 7.20. The summed E-state index contributed by atoms with van der Waals surface area (Å²) in [6.07, 6.45) is -1.36. The fourth-order valence-electron chi connectivity index (χ4n) is 3.43. The molecule has 35 heavy (non-hydrogen) atoms. The monoisotopic (exact) mass is 489 g/mol. The molecule has 0 aliphatic carbocycles. The average Bonchev–Trinajstić information content (AvgIpc) is 3.46. The number of benzene rings is 3. The van der Waals surface area contributed by atoms with Crippen molar-refractivity contribution in [3.8, 4) is 0 Å². The molecule has 2 heterocycles. The molecule has 0 fully saturated rings. The molecular formula is C25H23N5O4S. The van der Waals surface area contributed by atoms with E-state index in [1.165, 1.54) is 11.3 Å². The molecule has 0 saturated heterocycles. The number of rotatable bonds is 5. The zero-order chi connectivity index (χ0) is 24.9. The van der Waals surface area contributed by atoms with Crippen molar-refractivity contribution in [3.05, 3.63) is 89.3 Å². The van der Waals surface area contributed by atoms with Gasteiger partial charge < -0.3 is 32.0 Å². The summed E-state index contributed by atoms with van der Waals surface area (Å²) in [7, 11) is 0. The number of aromatic amines is 1. The first-order valence-electron chi connectivity index (χ1n) is 10.6. The van der Waals surface area contributed by atoms with Gasteiger partial charge in [0.1, 0.15) is 4.88 Å². The number of carbonyl (C=O) groups is 2. The third-order valence-corrected chi connectivity index (χ3v) is 6.30. The first-order chi connectivity index (χ1) is 16.8. The number of aliphatic hydroxyl groups excluding tert-OH is 1. The first-order valence-corrected chi connectivity index (χ1v) is 11.4. The minimum absolute atomic E-state index is 0.301. The molecule has 9 nitrogen and oxygen atoms in total. The molecule has 0 saturated carbocycles. The number of H-pyrrole nitrogens is 1. The topological polar surface area (TPSA) is 167 Å². The number of carboxylic acid groups (broad SMARTS) is 1. The van der Waals surface area contributed by atoms with Crippen LogP contribution >= 0.6 is 11.3 Å². The number of hydrogen-bond donors (Lipinski definition) is 6. The minimum atomic E-state index is -1.36. The van der Waals surface area contributed by atoms with E-state index in [2.05, 4.69) is 15.3 Å². The van der Waals surface area contributed by atoms with Gasteiger partial charge in [-0.15, -0.1) is 11.3 Å². The molecule has 0 aliphatic heterocycles. The molecular weight excluding hydrogens is 466 g/mol. The molecule has 2 atom stereocenters. The summed E-state index contributed by atoms with van der Waals surface area (Å²) in [5.74, 6) is -1.13. The standard InChI is InChI=1S/C16H17N5O2.C9H6O2S/c17-13(9-4-2-1-3-5-9)14(22)15(23)19-10-6-7-11-12(8-10)21-16(18)20-11;10-9(11)8-5-6-3-1-2-4-7(6)12-8/h1-8,13-14,22H,17H2,(H,19,23)(H3,18,20,21);1-5H,(H,10,11). The Labute approximate surface area is 204 Å². The van der Waals surface area contributed by atoms with Crippen LogP contribution in [0.3, 0.4) is 0 Å². The van der Waals surface area contributed by atoms with Crippen LogP contribution in [0, 0.1) is 0 Å². The predicted octanol–water partition coefficient (Wildman–Crippen LogP) is 3.74. The Kier molecular flexibility index (Phi) is 7.06. The molecule has 0 spiro atoms. The minimum Gasteiger partial charge on any atom is -0.477 e. The second-order valence-corrected chi connectivity index (χ2v) is 8.76. The molecule has 5 aromatic rings. The van der Waals surface area contributed by atoms with Gasteiger partial charge in [-0.3, -0.25) is 4.79 Å². The molecule has 1 amide bonds. The Morgan fingerprint density at radius 1 is 1.00 bits per heavy atom. The second kappa shape index (κ2) is 10.3. The molecule has 2 unspecified atom stereocenters. The number of nitrogens with two attached hydrogens (primary N) is 2. The van der Waals surface area contributed by atoms with Crippen LogP contribution in [-0.4, -0.2) is 38.2 Å². The molecule has 2 aromatic heterocycles. The van der Waals surface area contributed by atoms with Gasteiger partial charge in [-0.05, 0) is 41.3 Å². The smallest absolute Gasteiger partial charge is 0.345 e. The van der Waals surface area contributed by atoms with Crippen molar-refractivity contribution in [1.29, 1.82) is 0 Å². The summed E-state index contributed by atoms with van der Waals surface area (Å²) in [6, 6.07) is 22.6. The fraction of sp³-hybridized carbons (Fsp3) is 0.0800. The lowest BCUT2D eigenvalue weighted by Gasteiger charge is -2.18. The molecule has 178 valence electrons. The second-order valence-electron chi connectivity index (χ2n) is 7.68. The maximum Gasteiger partial charge on any atom is 0.345 e. The zero-order valence-electron chi connectivity index (χ0n) is 18.4. The maximum absolute atomic E-state index is 12.2. The number of aromatic carboxylic acids is 1. The van der Waals surface area contributed by atoms with Crippen molar-refractivity contribution in [2.24, 2.45) is 5.73 Å². The van der Waals surface area contributed by atoms with Crippen molar-refractivity contribution in [2.75, 3.05) is 11.1 Å². The summed E-state index contributed by atoms with van der Waals surface area (Å²) in [5, 5.41) is 22.5. The van der Waals surface area contributed by atoms with Crippen molar-refractivity contribution >= 4 is 56.0 Å². The van der Waals surface area contributed by atoms with E-state index in [1.54, 1.807) is 48.5 Å². The van der Waals surface area contributed by atoms with Crippen LogP contribution in [0.4, 0.5) is 11.6 Å². The fourth-order valence-corrected chi connectivity index (χ4v) is 4.33. The van der Waals surface area contributed by atoms with E-state index in [0.29, 0.717) is 33.1 Å². The number of amides is 1. The molecule has 3 aromatic carbocycles. The molecule has 0 aliphatic rings. The van der Waals surface area contributed by atoms with E-state index in [4.69, 9.17) is 16.6 Å². The number of nitrogens with one attached hydrogen (secondary N) is 2. The van der Waals surface area contributed by atoms with Crippen LogP contribution < -0.4 is 16.8 Å². The average molecular weight is 490 g/mol. The lowest BCUT2D eigenvalue weighted by atomic mass is 10.0. The highest BCUT2D eigenvalue weighted by Crippen LogP contribution is 2.25. The van der Waals surface area contributed by atoms with Crippen molar-refractivity contribution in [2.45, 2.75) is 12.1 Å². The van der Waals surface area contributed by atoms with Crippen LogP contribution in [-0.2, 0) is 4.79 Å². The van der Waals surface area contributed by atoms with Gasteiger partial charge in [0.2, 0.25) is 0 Å². The lowest BCUT2D eigenvalue weighted by Crippen LogP contribution is -2.37. The number of anilines is 2. The number of nitrogen functional groups attached to an aromatic ring is 1. The Morgan fingerprint density at radius 2 is 1.71 bits per heavy atom. The Balaban J connectivity index is 0.000000201. The number of thiophene rings is 1. The maximum atomic E-state index is 12.2. The van der Waals surface area contributed by atoms with Crippen molar-refractivity contribution < 1.29 is 19.8 Å². The molecule has 8 N–H and O–H groups in total. The van der Waals surface area contributed by atoms with Gasteiger partial charge in [0.05, 0.1) is 17.1 Å². The third-order valence-electron chi connectivity index (χ3n) is 5.20. The highest BCUT2D eigenvalue weighted by atomic mass is 32.1. The van der Waals surface area contributed by atoms with Crippen molar-refractivity contribution in [3.63, 3.8) is 0 Å². The van der Waals surface area contributed by atoms with Crippen molar-refractivity contribution in [1.82, 2.24) is 9.97 Å². The number of nitrogens with zero attached hydrogens (tertiary/aromatic N) is 1. The normalized spacial score (nSPS) is 12.5. The molecule has 0 bridgehead atoms. The summed E-state index contributed by atoms with van der Waals surface area (Å²) in [5.41, 5.74) is 14.1. The number of imidazole rings is 1. The Morgan fingerprint density at radius 3 is 2.43 bits per heavy atom. The van der Waals surface area contributed by atoms with E-state index in [0.717, 1.165) is 10.1 Å². The van der Waals surface area contributed by atoms with E-state index >= 15 is 0 Å². The predicted molar refractivity (Wildman–Crippen MR) is 137 cm³/mol. The van der Waals surface area contributed by atoms with Crippen LogP contribution in [0.25, 0.3) is 21.1 Å². The van der Waals surface area contributed by atoms with Gasteiger partial charge in [0.15, 0.2) is 12.1 Å². The van der Waals surface area contributed by atoms with Crippen LogP contribution in [0.5, 0.6) is 0 Å². The van der Waals surface area contributed by atoms with Gasteiger partial charge in [0.25, 0.3) is 5.91 Å². The molecule has 0 radical (unpaired) electrons. The van der Waals surface area contributed by atoms with Gasteiger partial charge in [0, 0.05) is 10.4 Å². The zero-order valence-corrected chi connectivity index (χ0v) is 19.2. The SMILES string of the molecule is Nc1nc2ccc(NC(=O)C(O)C(N)c3ccccc3)cc2[nH]1.O=C(O)c1cc2ccccc2s1. The van der Waals surface area contributed by atoms with E-state index < -0.39 is 24.0 Å². The first kappa shape index (κ1) is 23.9. The number of carboxylic acids is 1. The summed E-state index contributed by atoms with van der Waals surface area (Å²) >= 11 is 1.31. The number of fused-ring (bicyclic) bond motifs is 2. The molecule has 5 rings (SSSR count). The highest BCUT2D eigenvalue weighted by Gasteiger charge is 2.24. The molecule has 10 heteroatoms. The summed E-state index contributed by atoms with van der Waals surface area (Å²) in [6.45, 7) is 0. The number of aromatic nitrogens is 2.